The highest BCUT2D eigenvalue weighted by Gasteiger charge is 2.63. The molecule has 1 aromatic carbocycles. The van der Waals surface area contributed by atoms with Crippen molar-refractivity contribution in [3.05, 3.63) is 29.3 Å². The fourth-order valence-electron chi connectivity index (χ4n) is 6.93. The van der Waals surface area contributed by atoms with Crippen molar-refractivity contribution < 1.29 is 15.3 Å². The molecule has 4 heteroatoms. The van der Waals surface area contributed by atoms with Crippen LogP contribution >= 0.6 is 15.9 Å². The molecule has 6 atom stereocenters. The summed E-state index contributed by atoms with van der Waals surface area (Å²) in [7, 11) is 0. The molecule has 0 radical (unpaired) electrons. The first-order chi connectivity index (χ1) is 12.9. The number of aliphatic hydroxyl groups is 2. The van der Waals surface area contributed by atoms with Crippen molar-refractivity contribution in [1.82, 2.24) is 0 Å². The largest absolute Gasteiger partial charge is 0.508 e. The Morgan fingerprint density at radius 3 is 2.78 bits per heavy atom. The van der Waals surface area contributed by atoms with E-state index in [2.05, 4.69) is 28.9 Å². The van der Waals surface area contributed by atoms with Crippen LogP contribution in [0.5, 0.6) is 5.75 Å². The van der Waals surface area contributed by atoms with Crippen molar-refractivity contribution in [2.75, 3.05) is 11.9 Å². The Labute approximate surface area is 171 Å². The van der Waals surface area contributed by atoms with Crippen LogP contribution in [0.15, 0.2) is 18.2 Å². The Hall–Kier alpha value is -0.580. The molecular formula is C23H33BrO3. The maximum atomic E-state index is 11.4. The Morgan fingerprint density at radius 2 is 2.04 bits per heavy atom. The molecule has 4 rings (SSSR count). The normalized spacial score (nSPS) is 40.3. The first-order valence-corrected chi connectivity index (χ1v) is 11.7. The summed E-state index contributed by atoms with van der Waals surface area (Å²) in [6.07, 6.45) is 7.91. The molecule has 3 aliphatic carbocycles. The molecule has 0 saturated heterocycles. The summed E-state index contributed by atoms with van der Waals surface area (Å²) in [4.78, 5) is 0. The lowest BCUT2D eigenvalue weighted by molar-refractivity contribution is -0.0714. The Bertz CT molecular complexity index is 692. The van der Waals surface area contributed by atoms with E-state index in [1.54, 1.807) is 0 Å². The molecule has 1 aromatic rings. The lowest BCUT2D eigenvalue weighted by atomic mass is 9.55. The number of aliphatic hydroxyl groups excluding tert-OH is 2. The number of benzene rings is 1. The van der Waals surface area contributed by atoms with Gasteiger partial charge in [-0.25, -0.2) is 0 Å². The van der Waals surface area contributed by atoms with E-state index in [0.717, 1.165) is 56.7 Å². The van der Waals surface area contributed by atoms with Crippen LogP contribution in [-0.4, -0.2) is 33.4 Å². The third-order valence-corrected chi connectivity index (χ3v) is 8.91. The van der Waals surface area contributed by atoms with Gasteiger partial charge in [0.25, 0.3) is 0 Å². The maximum Gasteiger partial charge on any atom is 0.115 e. The van der Waals surface area contributed by atoms with Gasteiger partial charge in [-0.1, -0.05) is 35.3 Å². The van der Waals surface area contributed by atoms with Crippen LogP contribution in [0, 0.1) is 22.7 Å². The van der Waals surface area contributed by atoms with Gasteiger partial charge in [-0.2, -0.15) is 0 Å². The second kappa shape index (κ2) is 7.35. The fourth-order valence-corrected chi connectivity index (χ4v) is 7.33. The van der Waals surface area contributed by atoms with E-state index in [1.807, 2.05) is 12.1 Å². The average Bonchev–Trinajstić information content (AvgIpc) is 2.90. The lowest BCUT2D eigenvalue weighted by Crippen LogP contribution is -2.46. The Kier molecular flexibility index (Phi) is 5.37. The third kappa shape index (κ3) is 3.07. The van der Waals surface area contributed by atoms with Crippen LogP contribution in [0.4, 0.5) is 0 Å². The summed E-state index contributed by atoms with van der Waals surface area (Å²) in [5.74, 6) is 1.97. The van der Waals surface area contributed by atoms with Crippen molar-refractivity contribution in [2.45, 2.75) is 70.3 Å². The molecule has 3 nitrogen and oxygen atoms in total. The Morgan fingerprint density at radius 1 is 1.22 bits per heavy atom. The summed E-state index contributed by atoms with van der Waals surface area (Å²) < 4.78 is 0. The number of aryl methyl sites for hydroxylation is 1. The number of phenolic OH excluding ortho intramolecular Hbond substituents is 1. The molecule has 0 bridgehead atoms. The monoisotopic (exact) mass is 436 g/mol. The van der Waals surface area contributed by atoms with Gasteiger partial charge in [-0.3, -0.25) is 0 Å². The van der Waals surface area contributed by atoms with Crippen molar-refractivity contribution >= 4 is 15.9 Å². The number of aromatic hydroxyl groups is 1. The lowest BCUT2D eigenvalue weighted by Gasteiger charge is -2.50. The van der Waals surface area contributed by atoms with Crippen LogP contribution in [-0.2, 0) is 6.42 Å². The molecule has 0 spiro atoms. The number of unbranched alkanes of at least 4 members (excludes halogenated alkanes) is 1. The van der Waals surface area contributed by atoms with Crippen molar-refractivity contribution in [1.29, 1.82) is 0 Å². The van der Waals surface area contributed by atoms with Gasteiger partial charge in [0.2, 0.25) is 0 Å². The minimum Gasteiger partial charge on any atom is -0.508 e. The van der Waals surface area contributed by atoms with Crippen molar-refractivity contribution in [3.63, 3.8) is 0 Å². The quantitative estimate of drug-likeness (QED) is 0.460. The predicted molar refractivity (Wildman–Crippen MR) is 111 cm³/mol. The zero-order chi connectivity index (χ0) is 19.2. The molecule has 0 aromatic heterocycles. The molecule has 0 amide bonds. The van der Waals surface area contributed by atoms with Gasteiger partial charge in [0.05, 0.1) is 12.7 Å². The number of hydrogen-bond acceptors (Lipinski definition) is 3. The maximum absolute atomic E-state index is 11.4. The molecule has 3 N–H and O–H groups in total. The second-order valence-electron chi connectivity index (χ2n) is 9.62. The predicted octanol–water partition coefficient (Wildman–Crippen LogP) is 4.76. The standard InChI is InChI=1S/C23H33BrO3/c1-22-10-8-18-17-7-5-16(26)12-15(17)4-6-19(18)20(22)13-23(14-25,21(22)27)9-2-3-11-24/h5,7,12,18-21,25-27H,2-4,6,8-11,13-14H2,1H3/t18-,19-,20+,21-,22+,23-/m1/s1. The van der Waals surface area contributed by atoms with Crippen LogP contribution in [0.2, 0.25) is 0 Å². The number of rotatable bonds is 5. The van der Waals surface area contributed by atoms with E-state index in [-0.39, 0.29) is 17.4 Å². The fraction of sp³-hybridized carbons (Fsp3) is 0.739. The molecule has 2 saturated carbocycles. The van der Waals surface area contributed by atoms with Crippen LogP contribution < -0.4 is 0 Å². The Balaban J connectivity index is 1.63. The minimum absolute atomic E-state index is 0.0767. The van der Waals surface area contributed by atoms with Crippen molar-refractivity contribution in [3.8, 4) is 5.75 Å². The van der Waals surface area contributed by atoms with Crippen LogP contribution in [0.25, 0.3) is 0 Å². The smallest absolute Gasteiger partial charge is 0.115 e. The first-order valence-electron chi connectivity index (χ1n) is 10.6. The highest BCUT2D eigenvalue weighted by Crippen LogP contribution is 2.66. The first kappa shape index (κ1) is 19.7. The van der Waals surface area contributed by atoms with Gasteiger partial charge in [-0.05, 0) is 91.4 Å². The molecule has 2 fully saturated rings. The summed E-state index contributed by atoms with van der Waals surface area (Å²) in [6, 6.07) is 5.91. The van der Waals surface area contributed by atoms with Gasteiger partial charge in [0.15, 0.2) is 0 Å². The highest BCUT2D eigenvalue weighted by atomic mass is 79.9. The van der Waals surface area contributed by atoms with E-state index >= 15 is 0 Å². The summed E-state index contributed by atoms with van der Waals surface area (Å²) in [6.45, 7) is 2.39. The molecule has 0 unspecified atom stereocenters. The third-order valence-electron chi connectivity index (χ3n) is 8.35. The molecule has 3 aliphatic rings. The van der Waals surface area contributed by atoms with Gasteiger partial charge in [0, 0.05) is 10.7 Å². The summed E-state index contributed by atoms with van der Waals surface area (Å²) in [5, 5.41) is 32.6. The summed E-state index contributed by atoms with van der Waals surface area (Å²) >= 11 is 3.51. The van der Waals surface area contributed by atoms with E-state index < -0.39 is 6.10 Å². The number of phenols is 1. The highest BCUT2D eigenvalue weighted by molar-refractivity contribution is 9.09. The van der Waals surface area contributed by atoms with Crippen LogP contribution in [0.3, 0.4) is 0 Å². The molecule has 0 heterocycles. The molecule has 150 valence electrons. The molecule has 27 heavy (non-hydrogen) atoms. The summed E-state index contributed by atoms with van der Waals surface area (Å²) in [5.41, 5.74) is 2.32. The number of fused-ring (bicyclic) bond motifs is 5. The van der Waals surface area contributed by atoms with E-state index in [9.17, 15) is 15.3 Å². The van der Waals surface area contributed by atoms with Crippen LogP contribution in [0.1, 0.15) is 68.9 Å². The number of hydrogen-bond donors (Lipinski definition) is 3. The minimum atomic E-state index is -0.405. The van der Waals surface area contributed by atoms with Gasteiger partial charge >= 0.3 is 0 Å². The van der Waals surface area contributed by atoms with E-state index in [0.29, 0.717) is 23.5 Å². The molecule has 0 aliphatic heterocycles. The van der Waals surface area contributed by atoms with Crippen molar-refractivity contribution in [2.24, 2.45) is 22.7 Å². The molecular weight excluding hydrogens is 404 g/mol. The number of alkyl halides is 1. The van der Waals surface area contributed by atoms with E-state index in [1.165, 1.54) is 11.1 Å². The van der Waals surface area contributed by atoms with Gasteiger partial charge in [0.1, 0.15) is 5.75 Å². The van der Waals surface area contributed by atoms with Gasteiger partial charge in [-0.15, -0.1) is 0 Å². The zero-order valence-electron chi connectivity index (χ0n) is 16.3. The SMILES string of the molecule is C[C@]12CC[C@@H]3c4ccc(O)cc4CC[C@H]3[C@@H]1C[C@@](CO)(CCCCBr)[C@@H]2O. The van der Waals surface area contributed by atoms with E-state index in [4.69, 9.17) is 0 Å². The zero-order valence-corrected chi connectivity index (χ0v) is 17.9. The van der Waals surface area contributed by atoms with Gasteiger partial charge < -0.3 is 15.3 Å². The second-order valence-corrected chi connectivity index (χ2v) is 10.4. The average molecular weight is 437 g/mol. The topological polar surface area (TPSA) is 60.7 Å². The number of halogens is 1.